The van der Waals surface area contributed by atoms with E-state index >= 15 is 0 Å². The van der Waals surface area contributed by atoms with Crippen molar-refractivity contribution >= 4 is 22.4 Å². The maximum absolute atomic E-state index is 10.0. The van der Waals surface area contributed by atoms with Gasteiger partial charge in [-0.25, -0.2) is 4.98 Å². The number of rotatable bonds is 1. The molecule has 0 bridgehead atoms. The summed E-state index contributed by atoms with van der Waals surface area (Å²) in [6, 6.07) is 0. The Hall–Kier alpha value is 0.740. The summed E-state index contributed by atoms with van der Waals surface area (Å²) in [6.07, 6.45) is 0. The van der Waals surface area contributed by atoms with E-state index in [4.69, 9.17) is 0 Å². The molecule has 1 heterocycles. The molecule has 1 aromatic heterocycles. The van der Waals surface area contributed by atoms with Gasteiger partial charge < -0.3 is 4.55 Å². The Bertz CT molecular complexity index is 188. The van der Waals surface area contributed by atoms with Crippen LogP contribution in [0, 0.1) is 0 Å². The molecule has 0 radical (unpaired) electrons. The van der Waals surface area contributed by atoms with Crippen LogP contribution in [0.25, 0.3) is 0 Å². The standard InChI is InChI=1S/C3H3NO2S2.Na/c5-8(6)3-1-7-2-4-3;/h1-2H,(H,5,6);/q;+1/p-1. The van der Waals surface area contributed by atoms with Crippen molar-refractivity contribution in [2.45, 2.75) is 5.03 Å². The topological polar surface area (TPSA) is 53.0 Å². The van der Waals surface area contributed by atoms with Gasteiger partial charge >= 0.3 is 29.6 Å². The second-order valence-corrected chi connectivity index (χ2v) is 2.67. The smallest absolute Gasteiger partial charge is 0.767 e. The molecule has 3 nitrogen and oxygen atoms in total. The number of hydrogen-bond acceptors (Lipinski definition) is 4. The molecule has 0 spiro atoms. The van der Waals surface area contributed by atoms with E-state index < -0.39 is 11.1 Å². The molecule has 6 heteroatoms. The largest absolute Gasteiger partial charge is 1.00 e. The zero-order chi connectivity index (χ0) is 5.98. The van der Waals surface area contributed by atoms with Gasteiger partial charge in [0, 0.05) is 5.38 Å². The van der Waals surface area contributed by atoms with Crippen LogP contribution in [0.2, 0.25) is 0 Å². The molecule has 1 rings (SSSR count). The number of hydrogen-bond donors (Lipinski definition) is 0. The van der Waals surface area contributed by atoms with Crippen molar-refractivity contribution in [3.05, 3.63) is 10.9 Å². The van der Waals surface area contributed by atoms with E-state index in [0.29, 0.717) is 0 Å². The number of nitrogens with zero attached hydrogens (tertiary/aromatic N) is 1. The summed E-state index contributed by atoms with van der Waals surface area (Å²) < 4.78 is 20.0. The molecule has 1 unspecified atom stereocenters. The first-order valence-electron chi connectivity index (χ1n) is 1.78. The minimum absolute atomic E-state index is 0. The fourth-order valence-corrected chi connectivity index (χ4v) is 1.38. The maximum atomic E-state index is 10.0. The van der Waals surface area contributed by atoms with Crippen LogP contribution in [0.4, 0.5) is 0 Å². The van der Waals surface area contributed by atoms with Crippen LogP contribution in [0.5, 0.6) is 0 Å². The van der Waals surface area contributed by atoms with Gasteiger partial charge in [-0.1, -0.05) is 0 Å². The predicted octanol–water partition coefficient (Wildman–Crippen LogP) is -2.61. The van der Waals surface area contributed by atoms with E-state index in [-0.39, 0.29) is 34.6 Å². The normalized spacial score (nSPS) is 12.1. The Morgan fingerprint density at radius 2 is 2.44 bits per heavy atom. The first-order valence-corrected chi connectivity index (χ1v) is 3.80. The molecule has 1 aromatic rings. The molecule has 0 fully saturated rings. The van der Waals surface area contributed by atoms with E-state index in [0.717, 1.165) is 0 Å². The van der Waals surface area contributed by atoms with Gasteiger partial charge in [0.2, 0.25) is 0 Å². The number of thiazole rings is 1. The molecule has 9 heavy (non-hydrogen) atoms. The summed E-state index contributed by atoms with van der Waals surface area (Å²) in [5.74, 6) is 0. The van der Waals surface area contributed by atoms with Gasteiger partial charge in [0.05, 0.1) is 5.51 Å². The van der Waals surface area contributed by atoms with Crippen LogP contribution in [0.15, 0.2) is 15.9 Å². The second-order valence-electron chi connectivity index (χ2n) is 1.06. The van der Waals surface area contributed by atoms with Gasteiger partial charge in [-0.05, 0) is 11.1 Å². The van der Waals surface area contributed by atoms with Gasteiger partial charge in [-0.3, -0.25) is 4.21 Å². The van der Waals surface area contributed by atoms with Crippen LogP contribution < -0.4 is 29.6 Å². The van der Waals surface area contributed by atoms with Gasteiger partial charge in [0.1, 0.15) is 5.03 Å². The summed E-state index contributed by atoms with van der Waals surface area (Å²) >= 11 is -0.885. The molecule has 0 N–H and O–H groups in total. The molecule has 0 aromatic carbocycles. The minimum Gasteiger partial charge on any atom is -0.767 e. The van der Waals surface area contributed by atoms with Gasteiger partial charge in [0.15, 0.2) is 0 Å². The van der Waals surface area contributed by atoms with Crippen molar-refractivity contribution in [1.29, 1.82) is 0 Å². The molecule has 1 atom stereocenters. The molecule has 0 saturated carbocycles. The molecular formula is C3H2NNaO2S2. The average molecular weight is 171 g/mol. The third-order valence-electron chi connectivity index (χ3n) is 0.580. The summed E-state index contributed by atoms with van der Waals surface area (Å²) in [6.45, 7) is 0. The van der Waals surface area contributed by atoms with Crippen LogP contribution in [0.3, 0.4) is 0 Å². The molecule has 0 saturated heterocycles. The third-order valence-corrected chi connectivity index (χ3v) is 1.88. The molecule has 44 valence electrons. The SMILES string of the molecule is O=S([O-])c1cscn1.[Na+]. The Morgan fingerprint density at radius 1 is 1.78 bits per heavy atom. The van der Waals surface area contributed by atoms with Crippen molar-refractivity contribution in [2.24, 2.45) is 0 Å². The second kappa shape index (κ2) is 4.54. The first-order chi connectivity index (χ1) is 3.80. The van der Waals surface area contributed by atoms with E-state index in [1.54, 1.807) is 0 Å². The van der Waals surface area contributed by atoms with Crippen molar-refractivity contribution in [3.8, 4) is 0 Å². The monoisotopic (exact) mass is 171 g/mol. The quantitative estimate of drug-likeness (QED) is 0.343. The van der Waals surface area contributed by atoms with Crippen molar-refractivity contribution in [1.82, 2.24) is 4.98 Å². The fraction of sp³-hybridized carbons (Fsp3) is 0. The minimum atomic E-state index is -2.15. The summed E-state index contributed by atoms with van der Waals surface area (Å²) in [4.78, 5) is 3.52. The van der Waals surface area contributed by atoms with Crippen LogP contribution in [-0.2, 0) is 11.1 Å². The molecule has 0 aliphatic rings. The summed E-state index contributed by atoms with van der Waals surface area (Å²) in [7, 11) is 0. The third kappa shape index (κ3) is 2.88. The first kappa shape index (κ1) is 9.74. The summed E-state index contributed by atoms with van der Waals surface area (Å²) in [5.41, 5.74) is 1.48. The maximum Gasteiger partial charge on any atom is 1.00 e. The van der Waals surface area contributed by atoms with Gasteiger partial charge in [0.25, 0.3) is 0 Å². The van der Waals surface area contributed by atoms with E-state index in [2.05, 4.69) is 4.98 Å². The summed E-state index contributed by atoms with van der Waals surface area (Å²) in [5, 5.41) is 1.60. The van der Waals surface area contributed by atoms with Crippen LogP contribution in [0.1, 0.15) is 0 Å². The predicted molar refractivity (Wildman–Crippen MR) is 29.3 cm³/mol. The molecule has 0 aliphatic heterocycles. The average Bonchev–Trinajstić information content (AvgIpc) is 2.12. The van der Waals surface area contributed by atoms with Gasteiger partial charge in [-0.15, -0.1) is 11.3 Å². The van der Waals surface area contributed by atoms with Crippen LogP contribution in [-0.4, -0.2) is 13.7 Å². The number of aromatic nitrogens is 1. The van der Waals surface area contributed by atoms with Crippen molar-refractivity contribution in [3.63, 3.8) is 0 Å². The molecular weight excluding hydrogens is 169 g/mol. The van der Waals surface area contributed by atoms with Gasteiger partial charge in [-0.2, -0.15) is 0 Å². The van der Waals surface area contributed by atoms with E-state index in [9.17, 15) is 8.76 Å². The van der Waals surface area contributed by atoms with Crippen molar-refractivity contribution < 1.29 is 38.3 Å². The van der Waals surface area contributed by atoms with Crippen molar-refractivity contribution in [2.75, 3.05) is 0 Å². The molecule has 0 aliphatic carbocycles. The Morgan fingerprint density at radius 3 is 2.67 bits per heavy atom. The van der Waals surface area contributed by atoms with E-state index in [1.165, 1.54) is 22.2 Å². The Balaban J connectivity index is 0.000000640. The van der Waals surface area contributed by atoms with E-state index in [1.807, 2.05) is 0 Å². The molecule has 0 amide bonds. The zero-order valence-corrected chi connectivity index (χ0v) is 8.37. The van der Waals surface area contributed by atoms with Crippen LogP contribution >= 0.6 is 11.3 Å². The fourth-order valence-electron chi connectivity index (χ4n) is 0.284. The zero-order valence-electron chi connectivity index (χ0n) is 4.73. The Kier molecular flexibility index (Phi) is 4.91. The Labute approximate surface area is 81.1 Å².